The highest BCUT2D eigenvalue weighted by Gasteiger charge is 2.49. The molecule has 1 unspecified atom stereocenters. The first-order valence-electron chi connectivity index (χ1n) is 7.69. The average Bonchev–Trinajstić information content (AvgIpc) is 2.78. The smallest absolute Gasteiger partial charge is 0.326 e. The highest BCUT2D eigenvalue weighted by atomic mass is 16.6. The van der Waals surface area contributed by atoms with Crippen molar-refractivity contribution in [3.8, 4) is 0 Å². The van der Waals surface area contributed by atoms with Crippen LogP contribution in [0.15, 0.2) is 0 Å². The molecule has 0 aromatic carbocycles. The van der Waals surface area contributed by atoms with Crippen molar-refractivity contribution in [2.75, 3.05) is 6.54 Å². The molecule has 3 heteroatoms. The lowest BCUT2D eigenvalue weighted by Gasteiger charge is -2.43. The molecule has 1 fully saturated rings. The van der Waals surface area contributed by atoms with Crippen molar-refractivity contribution in [3.05, 3.63) is 0 Å². The van der Waals surface area contributed by atoms with E-state index in [1.807, 2.05) is 20.8 Å². The first-order valence-corrected chi connectivity index (χ1v) is 7.69. The number of carbonyl (C=O) groups is 1. The van der Waals surface area contributed by atoms with E-state index in [9.17, 15) is 4.79 Å². The minimum absolute atomic E-state index is 0.0000259. The lowest BCUT2D eigenvalue weighted by molar-refractivity contribution is -0.180. The van der Waals surface area contributed by atoms with Gasteiger partial charge in [0, 0.05) is 5.41 Å². The molecule has 19 heavy (non-hydrogen) atoms. The fraction of sp³-hybridized carbons (Fsp3) is 0.938. The number of nitrogens with one attached hydrogen (secondary N) is 1. The van der Waals surface area contributed by atoms with Gasteiger partial charge in [0.2, 0.25) is 0 Å². The van der Waals surface area contributed by atoms with Crippen molar-refractivity contribution in [1.82, 2.24) is 5.32 Å². The standard InChI is InChI=1S/C16H31NO2/c1-7-15(6,17-8-2)13(18)19-16(14(3,4)5)11-9-10-12-16/h17H,7-12H2,1-6H3. The Balaban J connectivity index is 2.89. The van der Waals surface area contributed by atoms with Gasteiger partial charge in [0.25, 0.3) is 0 Å². The van der Waals surface area contributed by atoms with Crippen molar-refractivity contribution in [2.24, 2.45) is 5.41 Å². The van der Waals surface area contributed by atoms with E-state index in [0.29, 0.717) is 0 Å². The van der Waals surface area contributed by atoms with E-state index < -0.39 is 5.54 Å². The average molecular weight is 269 g/mol. The minimum Gasteiger partial charge on any atom is -0.457 e. The van der Waals surface area contributed by atoms with Crippen molar-refractivity contribution < 1.29 is 9.53 Å². The number of ether oxygens (including phenoxy) is 1. The summed E-state index contributed by atoms with van der Waals surface area (Å²) in [5.74, 6) is -0.0892. The van der Waals surface area contributed by atoms with Gasteiger partial charge in [-0.3, -0.25) is 4.79 Å². The first kappa shape index (κ1) is 16.5. The molecule has 0 aliphatic heterocycles. The topological polar surface area (TPSA) is 38.3 Å². The van der Waals surface area contributed by atoms with E-state index in [0.717, 1.165) is 38.6 Å². The van der Waals surface area contributed by atoms with Crippen LogP contribution < -0.4 is 5.32 Å². The van der Waals surface area contributed by atoms with Crippen LogP contribution in [0.4, 0.5) is 0 Å². The Hall–Kier alpha value is -0.570. The van der Waals surface area contributed by atoms with E-state index in [4.69, 9.17) is 4.74 Å². The lowest BCUT2D eigenvalue weighted by Crippen LogP contribution is -2.55. The van der Waals surface area contributed by atoms with Crippen molar-refractivity contribution in [3.63, 3.8) is 0 Å². The number of hydrogen-bond donors (Lipinski definition) is 1. The van der Waals surface area contributed by atoms with Gasteiger partial charge in [-0.15, -0.1) is 0 Å². The van der Waals surface area contributed by atoms with Gasteiger partial charge in [0.1, 0.15) is 11.1 Å². The number of carbonyl (C=O) groups excluding carboxylic acids is 1. The molecule has 0 spiro atoms. The van der Waals surface area contributed by atoms with E-state index in [1.54, 1.807) is 0 Å². The zero-order valence-electron chi connectivity index (χ0n) is 13.6. The highest BCUT2D eigenvalue weighted by molar-refractivity contribution is 5.80. The molecule has 0 heterocycles. The number of rotatable bonds is 5. The number of hydrogen-bond acceptors (Lipinski definition) is 3. The van der Waals surface area contributed by atoms with Crippen molar-refractivity contribution in [1.29, 1.82) is 0 Å². The normalized spacial score (nSPS) is 22.0. The predicted molar refractivity (Wildman–Crippen MR) is 79.1 cm³/mol. The van der Waals surface area contributed by atoms with E-state index in [2.05, 4.69) is 26.1 Å². The lowest BCUT2D eigenvalue weighted by atomic mass is 9.75. The maximum atomic E-state index is 12.6. The molecule has 1 N–H and O–H groups in total. The molecule has 0 saturated heterocycles. The second kappa shape index (κ2) is 5.82. The molecule has 1 aliphatic rings. The summed E-state index contributed by atoms with van der Waals surface area (Å²) in [6.45, 7) is 13.3. The van der Waals surface area contributed by atoms with Crippen LogP contribution in [0.5, 0.6) is 0 Å². The Bertz CT molecular complexity index is 313. The third kappa shape index (κ3) is 3.31. The van der Waals surface area contributed by atoms with Crippen LogP contribution in [0, 0.1) is 5.41 Å². The number of likely N-dealkylation sites (N-methyl/N-ethyl adjacent to an activating group) is 1. The molecular formula is C16H31NO2. The Morgan fingerprint density at radius 1 is 1.16 bits per heavy atom. The molecule has 1 aliphatic carbocycles. The second-order valence-electron chi connectivity index (χ2n) is 7.06. The van der Waals surface area contributed by atoms with Gasteiger partial charge >= 0.3 is 5.97 Å². The summed E-state index contributed by atoms with van der Waals surface area (Å²) in [4.78, 5) is 12.6. The summed E-state index contributed by atoms with van der Waals surface area (Å²) < 4.78 is 6.07. The fourth-order valence-electron chi connectivity index (χ4n) is 2.97. The summed E-state index contributed by atoms with van der Waals surface area (Å²) >= 11 is 0. The van der Waals surface area contributed by atoms with Gasteiger partial charge in [-0.25, -0.2) is 0 Å². The quantitative estimate of drug-likeness (QED) is 0.774. The monoisotopic (exact) mass is 269 g/mol. The van der Waals surface area contributed by atoms with Crippen LogP contribution >= 0.6 is 0 Å². The van der Waals surface area contributed by atoms with Gasteiger partial charge in [0.15, 0.2) is 0 Å². The predicted octanol–water partition coefficient (Wildman–Crippen LogP) is 3.67. The summed E-state index contributed by atoms with van der Waals surface area (Å²) in [5.41, 5.74) is -0.842. The molecule has 1 atom stereocenters. The SMILES string of the molecule is CCNC(C)(CC)C(=O)OC1(C(C)(C)C)CCCC1. The van der Waals surface area contributed by atoms with E-state index in [-0.39, 0.29) is 17.0 Å². The van der Waals surface area contributed by atoms with Crippen molar-refractivity contribution >= 4 is 5.97 Å². The Morgan fingerprint density at radius 3 is 2.05 bits per heavy atom. The van der Waals surface area contributed by atoms with Crippen LogP contribution in [0.1, 0.15) is 73.6 Å². The van der Waals surface area contributed by atoms with Gasteiger partial charge < -0.3 is 10.1 Å². The van der Waals surface area contributed by atoms with Gasteiger partial charge in [0.05, 0.1) is 0 Å². The van der Waals surface area contributed by atoms with Gasteiger partial charge in [-0.2, -0.15) is 0 Å². The summed E-state index contributed by atoms with van der Waals surface area (Å²) in [5, 5.41) is 3.28. The Labute approximate surface area is 118 Å². The summed E-state index contributed by atoms with van der Waals surface area (Å²) in [7, 11) is 0. The largest absolute Gasteiger partial charge is 0.457 e. The van der Waals surface area contributed by atoms with Crippen molar-refractivity contribution in [2.45, 2.75) is 84.8 Å². The molecule has 3 nitrogen and oxygen atoms in total. The summed E-state index contributed by atoms with van der Waals surface area (Å²) in [6, 6.07) is 0. The van der Waals surface area contributed by atoms with Gasteiger partial charge in [-0.1, -0.05) is 34.6 Å². The fourth-order valence-corrected chi connectivity index (χ4v) is 2.97. The minimum atomic E-state index is -0.560. The molecule has 0 amide bonds. The van der Waals surface area contributed by atoms with Gasteiger partial charge in [-0.05, 0) is 45.6 Å². The van der Waals surface area contributed by atoms with Crippen LogP contribution in [0.25, 0.3) is 0 Å². The Kier molecular flexibility index (Phi) is 5.05. The molecule has 0 aromatic rings. The van der Waals surface area contributed by atoms with Crippen LogP contribution in [-0.4, -0.2) is 23.7 Å². The van der Waals surface area contributed by atoms with Crippen LogP contribution in [0.3, 0.4) is 0 Å². The van der Waals surface area contributed by atoms with Crippen LogP contribution in [-0.2, 0) is 9.53 Å². The second-order valence-corrected chi connectivity index (χ2v) is 7.06. The van der Waals surface area contributed by atoms with E-state index in [1.165, 1.54) is 0 Å². The first-order chi connectivity index (χ1) is 8.71. The zero-order chi connectivity index (χ0) is 14.7. The summed E-state index contributed by atoms with van der Waals surface area (Å²) in [6.07, 6.45) is 5.06. The molecule has 1 rings (SSSR count). The molecule has 0 radical (unpaired) electrons. The maximum Gasteiger partial charge on any atom is 0.326 e. The molecule has 0 aromatic heterocycles. The molecule has 0 bridgehead atoms. The third-order valence-corrected chi connectivity index (χ3v) is 4.79. The molecule has 1 saturated carbocycles. The van der Waals surface area contributed by atoms with Crippen LogP contribution in [0.2, 0.25) is 0 Å². The Morgan fingerprint density at radius 2 is 1.68 bits per heavy atom. The third-order valence-electron chi connectivity index (χ3n) is 4.79. The molecule has 112 valence electrons. The maximum absolute atomic E-state index is 12.6. The highest BCUT2D eigenvalue weighted by Crippen LogP contribution is 2.46. The van der Waals surface area contributed by atoms with E-state index >= 15 is 0 Å². The molecular weight excluding hydrogens is 238 g/mol. The zero-order valence-corrected chi connectivity index (χ0v) is 13.6. The number of esters is 1.